The van der Waals surface area contributed by atoms with E-state index in [2.05, 4.69) is 5.32 Å². The number of rotatable bonds is 5. The minimum Gasteiger partial charge on any atom is -0.495 e. The molecule has 0 fully saturated rings. The summed E-state index contributed by atoms with van der Waals surface area (Å²) in [4.78, 5) is 24.7. The summed E-state index contributed by atoms with van der Waals surface area (Å²) in [6.07, 6.45) is 1.44. The van der Waals surface area contributed by atoms with Crippen molar-refractivity contribution in [3.63, 3.8) is 0 Å². The predicted molar refractivity (Wildman–Crippen MR) is 107 cm³/mol. The largest absolute Gasteiger partial charge is 0.495 e. The van der Waals surface area contributed by atoms with E-state index in [0.29, 0.717) is 22.7 Å². The molecule has 0 aliphatic rings. The molecule has 3 N–H and O–H groups in total. The standard InChI is InChI=1S/C21H18N4O4/c1-28-17-9-8-15(10-16(17)24-20(26)13-6-4-3-5-7-13)25-12-14(11-22)18(23)19(25)21(27)29-2/h3-10,12H,23H2,1-2H3,(H,24,26). The van der Waals surface area contributed by atoms with Crippen molar-refractivity contribution in [2.45, 2.75) is 0 Å². The van der Waals surface area contributed by atoms with Gasteiger partial charge in [-0.1, -0.05) is 18.2 Å². The van der Waals surface area contributed by atoms with Gasteiger partial charge in [0.05, 0.1) is 31.2 Å². The fraction of sp³-hybridized carbons (Fsp3) is 0.0952. The number of hydrogen-bond donors (Lipinski definition) is 2. The number of carbonyl (C=O) groups is 2. The summed E-state index contributed by atoms with van der Waals surface area (Å²) in [6.45, 7) is 0. The van der Waals surface area contributed by atoms with Crippen LogP contribution >= 0.6 is 0 Å². The molecule has 0 atom stereocenters. The van der Waals surface area contributed by atoms with Crippen LogP contribution in [-0.4, -0.2) is 30.7 Å². The molecule has 0 saturated heterocycles. The summed E-state index contributed by atoms with van der Waals surface area (Å²) in [5.41, 5.74) is 7.47. The van der Waals surface area contributed by atoms with Crippen LogP contribution in [0, 0.1) is 11.3 Å². The Morgan fingerprint density at radius 1 is 1.14 bits per heavy atom. The molecule has 146 valence electrons. The van der Waals surface area contributed by atoms with Gasteiger partial charge in [-0.2, -0.15) is 5.26 Å². The minimum absolute atomic E-state index is 0.0186. The first kappa shape index (κ1) is 19.5. The molecule has 8 nitrogen and oxygen atoms in total. The van der Waals surface area contributed by atoms with E-state index in [1.807, 2.05) is 12.1 Å². The van der Waals surface area contributed by atoms with Crippen molar-refractivity contribution in [1.82, 2.24) is 4.57 Å². The van der Waals surface area contributed by atoms with E-state index in [1.54, 1.807) is 42.5 Å². The zero-order chi connectivity index (χ0) is 21.0. The van der Waals surface area contributed by atoms with E-state index in [0.717, 1.165) is 0 Å². The maximum Gasteiger partial charge on any atom is 0.357 e. The SMILES string of the molecule is COC(=O)c1c(N)c(C#N)cn1-c1ccc(OC)c(NC(=O)c2ccccc2)c1. The zero-order valence-electron chi connectivity index (χ0n) is 15.8. The Morgan fingerprint density at radius 2 is 1.86 bits per heavy atom. The average Bonchev–Trinajstić information content (AvgIpc) is 3.10. The van der Waals surface area contributed by atoms with Gasteiger partial charge in [0.25, 0.3) is 5.91 Å². The normalized spacial score (nSPS) is 10.1. The van der Waals surface area contributed by atoms with Crippen LogP contribution in [0.4, 0.5) is 11.4 Å². The lowest BCUT2D eigenvalue weighted by molar-refractivity contribution is 0.0593. The molecule has 0 saturated carbocycles. The van der Waals surface area contributed by atoms with E-state index in [-0.39, 0.29) is 22.9 Å². The molecule has 1 heterocycles. The second kappa shape index (κ2) is 8.19. The second-order valence-corrected chi connectivity index (χ2v) is 5.98. The molecule has 29 heavy (non-hydrogen) atoms. The third kappa shape index (κ3) is 3.75. The smallest absolute Gasteiger partial charge is 0.357 e. The lowest BCUT2D eigenvalue weighted by Crippen LogP contribution is -2.14. The number of carbonyl (C=O) groups excluding carboxylic acids is 2. The first-order valence-corrected chi connectivity index (χ1v) is 8.54. The van der Waals surface area contributed by atoms with Gasteiger partial charge in [0.2, 0.25) is 0 Å². The number of ether oxygens (including phenoxy) is 2. The van der Waals surface area contributed by atoms with E-state index in [4.69, 9.17) is 15.2 Å². The topological polar surface area (TPSA) is 119 Å². The third-order valence-corrected chi connectivity index (χ3v) is 4.29. The summed E-state index contributed by atoms with van der Waals surface area (Å²) in [6, 6.07) is 15.6. The van der Waals surface area contributed by atoms with Crippen molar-refractivity contribution in [1.29, 1.82) is 5.26 Å². The van der Waals surface area contributed by atoms with Gasteiger partial charge in [0, 0.05) is 17.4 Å². The molecule has 1 aromatic heterocycles. The number of aromatic nitrogens is 1. The fourth-order valence-corrected chi connectivity index (χ4v) is 2.85. The number of nitrogens with two attached hydrogens (primary N) is 1. The average molecular weight is 390 g/mol. The Labute approximate surface area is 167 Å². The number of amides is 1. The Balaban J connectivity index is 2.07. The quantitative estimate of drug-likeness (QED) is 0.647. The van der Waals surface area contributed by atoms with Crippen molar-refractivity contribution in [2.75, 3.05) is 25.3 Å². The molecule has 0 aliphatic carbocycles. The van der Waals surface area contributed by atoms with Crippen LogP contribution in [0.15, 0.2) is 54.7 Å². The molecule has 3 aromatic rings. The highest BCUT2D eigenvalue weighted by Gasteiger charge is 2.22. The molecule has 1 amide bonds. The van der Waals surface area contributed by atoms with Gasteiger partial charge in [0.15, 0.2) is 5.69 Å². The summed E-state index contributed by atoms with van der Waals surface area (Å²) in [5, 5.41) is 12.1. The summed E-state index contributed by atoms with van der Waals surface area (Å²) in [5.74, 6) is -0.577. The highest BCUT2D eigenvalue weighted by molar-refractivity contribution is 6.05. The fourth-order valence-electron chi connectivity index (χ4n) is 2.85. The Hall–Kier alpha value is -4.25. The molecule has 3 rings (SSSR count). The van der Waals surface area contributed by atoms with E-state index in [1.165, 1.54) is 25.0 Å². The van der Waals surface area contributed by atoms with Crippen LogP contribution in [0.2, 0.25) is 0 Å². The summed E-state index contributed by atoms with van der Waals surface area (Å²) < 4.78 is 11.6. The lowest BCUT2D eigenvalue weighted by atomic mass is 10.2. The first-order valence-electron chi connectivity index (χ1n) is 8.54. The Morgan fingerprint density at radius 3 is 2.48 bits per heavy atom. The predicted octanol–water partition coefficient (Wildman–Crippen LogP) is 2.98. The van der Waals surface area contributed by atoms with Crippen LogP contribution in [-0.2, 0) is 4.74 Å². The molecule has 0 spiro atoms. The van der Waals surface area contributed by atoms with Gasteiger partial charge in [0.1, 0.15) is 11.8 Å². The monoisotopic (exact) mass is 390 g/mol. The maximum atomic E-state index is 12.5. The van der Waals surface area contributed by atoms with Crippen LogP contribution in [0.5, 0.6) is 5.75 Å². The summed E-state index contributed by atoms with van der Waals surface area (Å²) >= 11 is 0. The van der Waals surface area contributed by atoms with Gasteiger partial charge in [-0.25, -0.2) is 4.79 Å². The maximum absolute atomic E-state index is 12.5. The van der Waals surface area contributed by atoms with E-state index >= 15 is 0 Å². The molecule has 0 aliphatic heterocycles. The highest BCUT2D eigenvalue weighted by Crippen LogP contribution is 2.31. The van der Waals surface area contributed by atoms with Gasteiger partial charge in [-0.3, -0.25) is 4.79 Å². The van der Waals surface area contributed by atoms with Crippen molar-refractivity contribution in [3.8, 4) is 17.5 Å². The lowest BCUT2D eigenvalue weighted by Gasteiger charge is -2.14. The van der Waals surface area contributed by atoms with Crippen molar-refractivity contribution < 1.29 is 19.1 Å². The van der Waals surface area contributed by atoms with Gasteiger partial charge >= 0.3 is 5.97 Å². The van der Waals surface area contributed by atoms with Crippen LogP contribution < -0.4 is 15.8 Å². The van der Waals surface area contributed by atoms with Gasteiger partial charge in [-0.15, -0.1) is 0 Å². The molecule has 0 bridgehead atoms. The Bertz CT molecular complexity index is 1110. The Kier molecular flexibility index (Phi) is 5.51. The van der Waals surface area contributed by atoms with E-state index in [9.17, 15) is 14.9 Å². The molecule has 0 unspecified atom stereocenters. The number of nitriles is 1. The van der Waals surface area contributed by atoms with Crippen molar-refractivity contribution in [2.24, 2.45) is 0 Å². The third-order valence-electron chi connectivity index (χ3n) is 4.29. The molecular formula is C21H18N4O4. The number of benzene rings is 2. The number of esters is 1. The van der Waals surface area contributed by atoms with Gasteiger partial charge < -0.3 is 25.1 Å². The van der Waals surface area contributed by atoms with Crippen LogP contribution in [0.1, 0.15) is 26.4 Å². The van der Waals surface area contributed by atoms with E-state index < -0.39 is 5.97 Å². The molecule has 0 radical (unpaired) electrons. The number of nitrogens with one attached hydrogen (secondary N) is 1. The van der Waals surface area contributed by atoms with Crippen molar-refractivity contribution in [3.05, 3.63) is 71.5 Å². The number of hydrogen-bond acceptors (Lipinski definition) is 6. The molecule has 8 heteroatoms. The molecular weight excluding hydrogens is 372 g/mol. The minimum atomic E-state index is -0.685. The van der Waals surface area contributed by atoms with Crippen LogP contribution in [0.3, 0.4) is 0 Å². The number of anilines is 2. The highest BCUT2D eigenvalue weighted by atomic mass is 16.5. The first-order chi connectivity index (χ1) is 14.0. The van der Waals surface area contributed by atoms with Gasteiger partial charge in [-0.05, 0) is 30.3 Å². The second-order valence-electron chi connectivity index (χ2n) is 5.98. The van der Waals surface area contributed by atoms with Crippen molar-refractivity contribution >= 4 is 23.3 Å². The summed E-state index contributed by atoms with van der Waals surface area (Å²) in [7, 11) is 2.71. The molecule has 2 aromatic carbocycles. The number of methoxy groups -OCH3 is 2. The zero-order valence-corrected chi connectivity index (χ0v) is 15.8. The number of nitrogens with zero attached hydrogens (tertiary/aromatic N) is 2. The van der Waals surface area contributed by atoms with Crippen LogP contribution in [0.25, 0.3) is 5.69 Å². The number of nitrogen functional groups attached to an aromatic ring is 1.